The molecule has 0 unspecified atom stereocenters. The smallest absolute Gasteiger partial charge is 0.242 e. The van der Waals surface area contributed by atoms with Crippen LogP contribution < -0.4 is 4.72 Å². The fraction of sp³-hybridized carbons (Fsp3) is 0.0833. The Morgan fingerprint density at radius 2 is 2.06 bits per heavy atom. The Hall–Kier alpha value is -1.79. The largest absolute Gasteiger partial charge is 0.263 e. The number of pyridine rings is 1. The fourth-order valence-electron chi connectivity index (χ4n) is 1.41. The molecule has 0 saturated heterocycles. The van der Waals surface area contributed by atoms with Crippen molar-refractivity contribution in [3.8, 4) is 0 Å². The lowest BCUT2D eigenvalue weighted by Crippen LogP contribution is -2.23. The van der Waals surface area contributed by atoms with Crippen molar-refractivity contribution in [3.05, 3.63) is 60.2 Å². The van der Waals surface area contributed by atoms with E-state index in [4.69, 9.17) is 0 Å². The van der Waals surface area contributed by atoms with E-state index >= 15 is 0 Å². The van der Waals surface area contributed by atoms with E-state index in [2.05, 4.69) is 9.71 Å². The van der Waals surface area contributed by atoms with Gasteiger partial charge in [-0.25, -0.2) is 17.5 Å². The lowest BCUT2D eigenvalue weighted by Gasteiger charge is -2.06. The van der Waals surface area contributed by atoms with Gasteiger partial charge < -0.3 is 0 Å². The Bertz CT molecular complexity index is 630. The molecule has 0 bridgehead atoms. The van der Waals surface area contributed by atoms with Gasteiger partial charge in [-0.05, 0) is 29.8 Å². The average Bonchev–Trinajstić information content (AvgIpc) is 2.38. The van der Waals surface area contributed by atoms with Crippen LogP contribution in [0.15, 0.2) is 53.7 Å². The molecule has 0 spiro atoms. The number of hydrogen-bond donors (Lipinski definition) is 1. The third kappa shape index (κ3) is 3.12. The van der Waals surface area contributed by atoms with Crippen molar-refractivity contribution in [2.45, 2.75) is 11.4 Å². The van der Waals surface area contributed by atoms with Gasteiger partial charge in [-0.1, -0.05) is 12.1 Å². The van der Waals surface area contributed by atoms with Gasteiger partial charge in [0, 0.05) is 18.9 Å². The Kier molecular flexibility index (Phi) is 3.69. The topological polar surface area (TPSA) is 59.1 Å². The fourth-order valence-corrected chi connectivity index (χ4v) is 2.40. The normalized spacial score (nSPS) is 11.4. The van der Waals surface area contributed by atoms with E-state index in [0.29, 0.717) is 5.56 Å². The first-order chi connectivity index (χ1) is 8.58. The molecule has 0 aliphatic rings. The van der Waals surface area contributed by atoms with Gasteiger partial charge in [-0.15, -0.1) is 0 Å². The molecule has 1 aromatic heterocycles. The molecule has 0 atom stereocenters. The summed E-state index contributed by atoms with van der Waals surface area (Å²) in [4.78, 5) is 3.83. The van der Waals surface area contributed by atoms with E-state index in [9.17, 15) is 12.8 Å². The summed E-state index contributed by atoms with van der Waals surface area (Å²) >= 11 is 0. The van der Waals surface area contributed by atoms with Crippen LogP contribution in [-0.4, -0.2) is 13.4 Å². The molecule has 1 aromatic carbocycles. The number of hydrogen-bond acceptors (Lipinski definition) is 3. The Morgan fingerprint density at radius 3 is 2.72 bits per heavy atom. The summed E-state index contributed by atoms with van der Waals surface area (Å²) in [5.41, 5.74) is 0.558. The van der Waals surface area contributed by atoms with Crippen LogP contribution in [0.3, 0.4) is 0 Å². The molecule has 0 aliphatic carbocycles. The molecule has 94 valence electrons. The maximum absolute atomic E-state index is 12.9. The predicted molar refractivity (Wildman–Crippen MR) is 64.7 cm³/mol. The van der Waals surface area contributed by atoms with Crippen molar-refractivity contribution in [1.29, 1.82) is 0 Å². The summed E-state index contributed by atoms with van der Waals surface area (Å²) in [6, 6.07) is 8.75. The van der Waals surface area contributed by atoms with E-state index in [1.165, 1.54) is 42.7 Å². The first kappa shape index (κ1) is 12.7. The van der Waals surface area contributed by atoms with Gasteiger partial charge in [0.25, 0.3) is 0 Å². The highest BCUT2D eigenvalue weighted by Crippen LogP contribution is 2.08. The molecule has 2 rings (SSSR count). The Labute approximate surface area is 105 Å². The summed E-state index contributed by atoms with van der Waals surface area (Å²) in [5.74, 6) is -0.395. The first-order valence-electron chi connectivity index (χ1n) is 5.22. The zero-order valence-corrected chi connectivity index (χ0v) is 10.2. The molecule has 0 amide bonds. The lowest BCUT2D eigenvalue weighted by atomic mass is 10.2. The highest BCUT2D eigenvalue weighted by molar-refractivity contribution is 7.89. The van der Waals surface area contributed by atoms with Crippen LogP contribution in [0, 0.1) is 5.82 Å². The van der Waals surface area contributed by atoms with E-state index in [-0.39, 0.29) is 11.4 Å². The van der Waals surface area contributed by atoms with E-state index in [1.54, 1.807) is 6.07 Å². The number of halogens is 1. The molecule has 1 N–H and O–H groups in total. The molecule has 18 heavy (non-hydrogen) atoms. The highest BCUT2D eigenvalue weighted by atomic mass is 32.2. The van der Waals surface area contributed by atoms with Crippen molar-refractivity contribution >= 4 is 10.0 Å². The van der Waals surface area contributed by atoms with Crippen LogP contribution >= 0.6 is 0 Å². The SMILES string of the molecule is O=S(=O)(NCc1cccc(F)c1)c1cccnc1. The maximum Gasteiger partial charge on any atom is 0.242 e. The van der Waals surface area contributed by atoms with Crippen LogP contribution in [-0.2, 0) is 16.6 Å². The van der Waals surface area contributed by atoms with Gasteiger partial charge in [0.15, 0.2) is 0 Å². The van der Waals surface area contributed by atoms with Gasteiger partial charge in [-0.3, -0.25) is 4.98 Å². The zero-order chi connectivity index (χ0) is 13.0. The van der Waals surface area contributed by atoms with Crippen LogP contribution in [0.5, 0.6) is 0 Å². The van der Waals surface area contributed by atoms with Gasteiger partial charge in [0.1, 0.15) is 10.7 Å². The van der Waals surface area contributed by atoms with E-state index in [1.807, 2.05) is 0 Å². The second-order valence-electron chi connectivity index (χ2n) is 3.64. The van der Waals surface area contributed by atoms with Crippen molar-refractivity contribution in [2.75, 3.05) is 0 Å². The molecule has 0 saturated carbocycles. The molecule has 4 nitrogen and oxygen atoms in total. The van der Waals surface area contributed by atoms with Gasteiger partial charge in [0.05, 0.1) is 0 Å². The quantitative estimate of drug-likeness (QED) is 0.916. The van der Waals surface area contributed by atoms with Crippen LogP contribution in [0.25, 0.3) is 0 Å². The average molecular weight is 266 g/mol. The number of nitrogens with one attached hydrogen (secondary N) is 1. The van der Waals surface area contributed by atoms with Crippen molar-refractivity contribution < 1.29 is 12.8 Å². The van der Waals surface area contributed by atoms with E-state index < -0.39 is 15.8 Å². The van der Waals surface area contributed by atoms with Crippen molar-refractivity contribution in [2.24, 2.45) is 0 Å². The number of sulfonamides is 1. The van der Waals surface area contributed by atoms with Gasteiger partial charge in [-0.2, -0.15) is 0 Å². The lowest BCUT2D eigenvalue weighted by molar-refractivity contribution is 0.580. The number of rotatable bonds is 4. The third-order valence-electron chi connectivity index (χ3n) is 2.30. The molecular weight excluding hydrogens is 255 g/mol. The second kappa shape index (κ2) is 5.24. The summed E-state index contributed by atoms with van der Waals surface area (Å²) in [7, 11) is -3.61. The van der Waals surface area contributed by atoms with Crippen molar-refractivity contribution in [1.82, 2.24) is 9.71 Å². The van der Waals surface area contributed by atoms with Gasteiger partial charge in [0.2, 0.25) is 10.0 Å². The minimum absolute atomic E-state index is 0.0367. The zero-order valence-electron chi connectivity index (χ0n) is 9.38. The van der Waals surface area contributed by atoms with Crippen LogP contribution in [0.1, 0.15) is 5.56 Å². The van der Waals surface area contributed by atoms with Crippen molar-refractivity contribution in [3.63, 3.8) is 0 Å². The minimum atomic E-state index is -3.61. The molecule has 0 aliphatic heterocycles. The van der Waals surface area contributed by atoms with Gasteiger partial charge >= 0.3 is 0 Å². The molecule has 0 fully saturated rings. The summed E-state index contributed by atoms with van der Waals surface area (Å²) in [6.07, 6.45) is 2.75. The third-order valence-corrected chi connectivity index (χ3v) is 3.69. The van der Waals surface area contributed by atoms with Crippen LogP contribution in [0.2, 0.25) is 0 Å². The van der Waals surface area contributed by atoms with E-state index in [0.717, 1.165) is 0 Å². The molecular formula is C12H11FN2O2S. The monoisotopic (exact) mass is 266 g/mol. The molecule has 2 aromatic rings. The standard InChI is InChI=1S/C12H11FN2O2S/c13-11-4-1-3-10(7-11)8-15-18(16,17)12-5-2-6-14-9-12/h1-7,9,15H,8H2. The Morgan fingerprint density at radius 1 is 1.22 bits per heavy atom. The maximum atomic E-state index is 12.9. The second-order valence-corrected chi connectivity index (χ2v) is 5.41. The summed E-state index contributed by atoms with van der Waals surface area (Å²) in [6.45, 7) is 0.0367. The Balaban J connectivity index is 2.11. The molecule has 6 heteroatoms. The summed E-state index contributed by atoms with van der Waals surface area (Å²) in [5, 5.41) is 0. The number of aromatic nitrogens is 1. The summed E-state index contributed by atoms with van der Waals surface area (Å²) < 4.78 is 39.0. The number of nitrogens with zero attached hydrogens (tertiary/aromatic N) is 1. The molecule has 0 radical (unpaired) electrons. The molecule has 1 heterocycles. The van der Waals surface area contributed by atoms with Crippen LogP contribution in [0.4, 0.5) is 4.39 Å². The minimum Gasteiger partial charge on any atom is -0.263 e. The number of benzene rings is 1. The first-order valence-corrected chi connectivity index (χ1v) is 6.70. The highest BCUT2D eigenvalue weighted by Gasteiger charge is 2.13. The predicted octanol–water partition coefficient (Wildman–Crippen LogP) is 1.70.